The Labute approximate surface area is 217 Å². The van der Waals surface area contributed by atoms with Crippen LogP contribution in [0, 0.1) is 5.41 Å². The molecule has 2 aromatic heterocycles. The molecule has 0 atom stereocenters. The highest BCUT2D eigenvalue weighted by Crippen LogP contribution is 2.45. The van der Waals surface area contributed by atoms with Crippen molar-refractivity contribution >= 4 is 57.5 Å². The molecule has 3 aromatic rings. The fourth-order valence-electron chi connectivity index (χ4n) is 6.82. The second kappa shape index (κ2) is 7.40. The van der Waals surface area contributed by atoms with Crippen molar-refractivity contribution in [2.45, 2.75) is 39.5 Å². The summed E-state index contributed by atoms with van der Waals surface area (Å²) >= 11 is 0. The highest BCUT2D eigenvalue weighted by molar-refractivity contribution is 6.09. The summed E-state index contributed by atoms with van der Waals surface area (Å²) < 4.78 is 4.93. The minimum atomic E-state index is 0.103. The van der Waals surface area contributed by atoms with Crippen LogP contribution in [0.15, 0.2) is 83.3 Å². The van der Waals surface area contributed by atoms with Crippen molar-refractivity contribution in [3.63, 3.8) is 0 Å². The largest absolute Gasteiger partial charge is 0.312 e. The first-order chi connectivity index (χ1) is 18.1. The van der Waals surface area contributed by atoms with Crippen LogP contribution >= 0.6 is 0 Å². The summed E-state index contributed by atoms with van der Waals surface area (Å²) in [5.74, 6) is 0. The molecule has 2 heteroatoms. The van der Waals surface area contributed by atoms with Crippen LogP contribution in [-0.4, -0.2) is 9.13 Å². The van der Waals surface area contributed by atoms with Gasteiger partial charge in [0.2, 0.25) is 0 Å². The summed E-state index contributed by atoms with van der Waals surface area (Å²) in [7, 11) is 0. The van der Waals surface area contributed by atoms with Gasteiger partial charge in [-0.3, -0.25) is 0 Å². The van der Waals surface area contributed by atoms with Gasteiger partial charge in [-0.05, 0) is 55.7 Å². The van der Waals surface area contributed by atoms with Crippen molar-refractivity contribution in [3.8, 4) is 0 Å². The van der Waals surface area contributed by atoms with Crippen LogP contribution in [0.4, 0.5) is 0 Å². The number of hydrogen-bond donors (Lipinski definition) is 0. The predicted octanol–water partition coefficient (Wildman–Crippen LogP) is 9.15. The van der Waals surface area contributed by atoms with Crippen molar-refractivity contribution in [1.82, 2.24) is 9.13 Å². The molecular formula is C35H28N2. The Kier molecular flexibility index (Phi) is 4.19. The van der Waals surface area contributed by atoms with Gasteiger partial charge in [-0.2, -0.15) is 0 Å². The molecule has 5 aliphatic rings. The number of nitrogens with zero attached hydrogens (tertiary/aromatic N) is 2. The topological polar surface area (TPSA) is 9.86 Å². The molecule has 8 rings (SSSR count). The van der Waals surface area contributed by atoms with Gasteiger partial charge in [0, 0.05) is 57.3 Å². The van der Waals surface area contributed by atoms with Crippen molar-refractivity contribution in [3.05, 3.63) is 106 Å². The molecule has 0 fully saturated rings. The smallest absolute Gasteiger partial charge is 0.0621 e. The molecule has 0 aliphatic heterocycles. The van der Waals surface area contributed by atoms with E-state index in [0.29, 0.717) is 0 Å². The summed E-state index contributed by atoms with van der Waals surface area (Å²) in [4.78, 5) is 0. The Balaban J connectivity index is 1.32. The molecule has 5 aliphatic carbocycles. The van der Waals surface area contributed by atoms with E-state index in [1.165, 1.54) is 66.9 Å². The van der Waals surface area contributed by atoms with Crippen LogP contribution in [0.3, 0.4) is 0 Å². The van der Waals surface area contributed by atoms with Crippen LogP contribution < -0.4 is 0 Å². The summed E-state index contributed by atoms with van der Waals surface area (Å²) in [6.07, 6.45) is 30.9. The molecule has 37 heavy (non-hydrogen) atoms. The third-order valence-corrected chi connectivity index (χ3v) is 8.94. The monoisotopic (exact) mass is 476 g/mol. The Morgan fingerprint density at radius 3 is 1.92 bits per heavy atom. The zero-order valence-corrected chi connectivity index (χ0v) is 21.3. The molecule has 2 heterocycles. The van der Waals surface area contributed by atoms with E-state index in [1.54, 1.807) is 0 Å². The first-order valence-electron chi connectivity index (χ1n) is 13.4. The average Bonchev–Trinajstić information content (AvgIpc) is 3.73. The van der Waals surface area contributed by atoms with Gasteiger partial charge < -0.3 is 9.13 Å². The predicted molar refractivity (Wildman–Crippen MR) is 158 cm³/mol. The second-order valence-electron chi connectivity index (χ2n) is 11.2. The Morgan fingerprint density at radius 2 is 1.32 bits per heavy atom. The van der Waals surface area contributed by atoms with Gasteiger partial charge in [-0.15, -0.1) is 11.5 Å². The number of rotatable bonds is 4. The third-order valence-electron chi connectivity index (χ3n) is 8.94. The highest BCUT2D eigenvalue weighted by atomic mass is 15.0. The molecule has 0 spiro atoms. The fraction of sp³-hybridized carbons (Fsp3) is 0.200. The maximum atomic E-state index is 3.38. The molecule has 178 valence electrons. The summed E-state index contributed by atoms with van der Waals surface area (Å²) in [6.45, 7) is 4.76. The lowest BCUT2D eigenvalue weighted by molar-refractivity contribution is 0.506. The summed E-state index contributed by atoms with van der Waals surface area (Å²) in [6, 6.07) is 4.82. The number of allylic oxidation sites excluding steroid dienone is 12. The molecule has 1 aromatic carbocycles. The average molecular weight is 477 g/mol. The first-order valence-corrected chi connectivity index (χ1v) is 13.4. The zero-order valence-electron chi connectivity index (χ0n) is 21.3. The van der Waals surface area contributed by atoms with Crippen LogP contribution in [0.25, 0.3) is 57.5 Å². The standard InChI is InChI=1S/C35H28N2/c1-35(2,23-9-3-4-10-23)24-17-19-26(20-18-24)37-32-16-8-14-28(32)30-21-29-27-13-7-15-31(27)36(25-11-5-6-12-25)33(29)22-34(30)37/h3-6,9,11,13-17,19,21-22H,10,12,18,20H2,1-2H3. The minimum Gasteiger partial charge on any atom is -0.312 e. The van der Waals surface area contributed by atoms with Crippen molar-refractivity contribution in [1.29, 1.82) is 0 Å². The van der Waals surface area contributed by atoms with E-state index in [0.717, 1.165) is 25.7 Å². The number of benzene rings is 1. The maximum Gasteiger partial charge on any atom is 0.0621 e. The van der Waals surface area contributed by atoms with E-state index in [4.69, 9.17) is 0 Å². The Hall–Kier alpha value is -4.22. The third kappa shape index (κ3) is 2.83. The first kappa shape index (κ1) is 20.9. The molecule has 0 saturated heterocycles. The van der Waals surface area contributed by atoms with Gasteiger partial charge >= 0.3 is 0 Å². The lowest BCUT2D eigenvalue weighted by Crippen LogP contribution is -2.19. The van der Waals surface area contributed by atoms with Crippen molar-refractivity contribution in [2.24, 2.45) is 5.41 Å². The second-order valence-corrected chi connectivity index (χ2v) is 11.2. The molecule has 0 bridgehead atoms. The number of fused-ring (bicyclic) bond motifs is 6. The molecule has 0 unspecified atom stereocenters. The van der Waals surface area contributed by atoms with Crippen LogP contribution in [0.2, 0.25) is 0 Å². The highest BCUT2D eigenvalue weighted by Gasteiger charge is 2.30. The van der Waals surface area contributed by atoms with Gasteiger partial charge in [-0.25, -0.2) is 0 Å². The van der Waals surface area contributed by atoms with Crippen molar-refractivity contribution in [2.75, 3.05) is 0 Å². The minimum absolute atomic E-state index is 0.103. The van der Waals surface area contributed by atoms with Gasteiger partial charge in [0.1, 0.15) is 0 Å². The zero-order chi connectivity index (χ0) is 24.7. The Morgan fingerprint density at radius 1 is 0.649 bits per heavy atom. The van der Waals surface area contributed by atoms with Crippen LogP contribution in [-0.2, 0) is 0 Å². The van der Waals surface area contributed by atoms with E-state index in [9.17, 15) is 0 Å². The van der Waals surface area contributed by atoms with Gasteiger partial charge in [0.25, 0.3) is 0 Å². The molecule has 0 saturated carbocycles. The molecule has 2 nitrogen and oxygen atoms in total. The molecule has 0 N–H and O–H groups in total. The molecule has 0 amide bonds. The summed E-state index contributed by atoms with van der Waals surface area (Å²) in [5.41, 5.74) is 20.2. The normalized spacial score (nSPS) is 18.9. The number of aromatic nitrogens is 2. The molecular weight excluding hydrogens is 448 g/mol. The van der Waals surface area contributed by atoms with E-state index < -0.39 is 0 Å². The van der Waals surface area contributed by atoms with Crippen molar-refractivity contribution < 1.29 is 0 Å². The SMILES string of the molecule is CC(C)(C1=CC=CC1)C1=CC=C(n2c3c(c4cc5c6c(n(C7=CC=CC7)c5cc42)C=C=C6)C=C=C3)CC1. The quantitative estimate of drug-likeness (QED) is 0.229. The lowest BCUT2D eigenvalue weighted by Gasteiger charge is -2.32. The van der Waals surface area contributed by atoms with Gasteiger partial charge in [0.15, 0.2) is 0 Å². The van der Waals surface area contributed by atoms with E-state index in [1.807, 2.05) is 0 Å². The maximum absolute atomic E-state index is 3.38. The van der Waals surface area contributed by atoms with E-state index >= 15 is 0 Å². The Bertz CT molecular complexity index is 1900. The van der Waals surface area contributed by atoms with Crippen LogP contribution in [0.5, 0.6) is 0 Å². The fourth-order valence-corrected chi connectivity index (χ4v) is 6.82. The van der Waals surface area contributed by atoms with Crippen LogP contribution in [0.1, 0.15) is 62.0 Å². The summed E-state index contributed by atoms with van der Waals surface area (Å²) in [5, 5.41) is 2.61. The van der Waals surface area contributed by atoms with E-state index in [-0.39, 0.29) is 5.41 Å². The van der Waals surface area contributed by atoms with Gasteiger partial charge in [0.05, 0.1) is 22.4 Å². The molecule has 0 radical (unpaired) electrons. The number of hydrogen-bond acceptors (Lipinski definition) is 0. The van der Waals surface area contributed by atoms with Gasteiger partial charge in [-0.1, -0.05) is 61.4 Å². The lowest BCUT2D eigenvalue weighted by atomic mass is 9.73. The van der Waals surface area contributed by atoms with E-state index in [2.05, 4.69) is 119 Å².